The number of carbonyl (C=O) groups excluding carboxylic acids is 4. The van der Waals surface area contributed by atoms with Crippen LogP contribution in [0, 0.1) is 13.8 Å². The monoisotopic (exact) mass is 873 g/mol. The number of aryl methyl sites for hydroxylation is 2. The fourth-order valence-corrected chi connectivity index (χ4v) is 6.74. The molecule has 0 saturated heterocycles. The number of aromatic amines is 1. The van der Waals surface area contributed by atoms with Gasteiger partial charge in [0.25, 0.3) is 5.56 Å². The number of carbonyl (C=O) groups is 4. The van der Waals surface area contributed by atoms with Gasteiger partial charge in [0.1, 0.15) is 24.7 Å². The molecular weight excluding hydrogens is 805 g/mol. The van der Waals surface area contributed by atoms with Gasteiger partial charge >= 0.3 is 29.6 Å². The molecule has 0 radical (unpaired) electrons. The number of nitrogens with one attached hydrogen (secondary N) is 1. The Morgan fingerprint density at radius 3 is 1.84 bits per heavy atom. The van der Waals surface area contributed by atoms with Gasteiger partial charge in [-0.15, -0.1) is 0 Å². The summed E-state index contributed by atoms with van der Waals surface area (Å²) >= 11 is 0. The SMILES string of the molecule is CCCCCCC(=O)OC(COC(=O)C(N)CCCCN)C(OC(=O)C(N)CCCCN)C(Cn1c2nc(=O)[nH]c(=O)c-2nc2cc(C)c(C)cc21)OC(=O)C(N)CCCCN. The lowest BCUT2D eigenvalue weighted by molar-refractivity contribution is -0.194. The topological polar surface area (TPSA) is 342 Å². The minimum absolute atomic E-state index is 0.0369. The van der Waals surface area contributed by atoms with Gasteiger partial charge < -0.3 is 57.9 Å². The molecule has 6 unspecified atom stereocenters. The van der Waals surface area contributed by atoms with Crippen molar-refractivity contribution in [2.45, 2.75) is 154 Å². The molecule has 3 rings (SSSR count). The first-order valence-electron chi connectivity index (χ1n) is 21.7. The first-order chi connectivity index (χ1) is 29.6. The van der Waals surface area contributed by atoms with Crippen molar-refractivity contribution in [3.05, 3.63) is 44.1 Å². The van der Waals surface area contributed by atoms with Crippen molar-refractivity contribution in [3.8, 4) is 11.5 Å². The van der Waals surface area contributed by atoms with E-state index in [1.54, 1.807) is 12.1 Å². The van der Waals surface area contributed by atoms with E-state index in [-0.39, 0.29) is 37.2 Å². The number of benzene rings is 1. The van der Waals surface area contributed by atoms with Crippen molar-refractivity contribution in [3.63, 3.8) is 0 Å². The summed E-state index contributed by atoms with van der Waals surface area (Å²) in [6.45, 7) is 5.66. The molecule has 2 aliphatic rings. The van der Waals surface area contributed by atoms with Crippen LogP contribution < -0.4 is 45.7 Å². The molecule has 13 N–H and O–H groups in total. The minimum atomic E-state index is -1.74. The van der Waals surface area contributed by atoms with Gasteiger partial charge in [0.15, 0.2) is 29.8 Å². The second kappa shape index (κ2) is 26.6. The van der Waals surface area contributed by atoms with Gasteiger partial charge in [-0.25, -0.2) is 9.78 Å². The van der Waals surface area contributed by atoms with Gasteiger partial charge in [0, 0.05) is 6.42 Å². The highest BCUT2D eigenvalue weighted by molar-refractivity contribution is 5.81. The summed E-state index contributed by atoms with van der Waals surface area (Å²) in [6.07, 6.45) is 1.82. The summed E-state index contributed by atoms with van der Waals surface area (Å²) in [7, 11) is 0. The zero-order valence-corrected chi connectivity index (χ0v) is 36.4. The van der Waals surface area contributed by atoms with Gasteiger partial charge in [-0.2, -0.15) is 4.98 Å². The van der Waals surface area contributed by atoms with Crippen LogP contribution in [0.5, 0.6) is 0 Å². The molecule has 0 fully saturated rings. The van der Waals surface area contributed by atoms with Crippen molar-refractivity contribution in [2.75, 3.05) is 26.2 Å². The lowest BCUT2D eigenvalue weighted by Gasteiger charge is -2.34. The number of hydrogen-bond acceptors (Lipinski definition) is 18. The van der Waals surface area contributed by atoms with E-state index in [1.165, 1.54) is 4.57 Å². The van der Waals surface area contributed by atoms with E-state index in [9.17, 15) is 28.8 Å². The summed E-state index contributed by atoms with van der Waals surface area (Å²) in [4.78, 5) is 91.6. The van der Waals surface area contributed by atoms with Crippen LogP contribution in [0.1, 0.15) is 108 Å². The Hall–Kier alpha value is -4.86. The van der Waals surface area contributed by atoms with E-state index in [0.29, 0.717) is 75.6 Å². The molecular formula is C42H68N10O10. The van der Waals surface area contributed by atoms with Crippen LogP contribution >= 0.6 is 0 Å². The number of ether oxygens (including phenoxy) is 4. The fraction of sp³-hybridized carbons (Fsp3) is 0.667. The summed E-state index contributed by atoms with van der Waals surface area (Å²) in [6, 6.07) is 0.0328. The standard InChI is InChI=1S/C42H68N10O10/c1-4-5-6-7-17-34(53)60-33(24-59-39(55)27(46)14-8-11-18-43)36(62-41(57)29(48)16-10-13-20-45)32(61-40(56)28(47)15-9-12-19-44)23-52-31-22-26(3)25(2)21-30(31)49-35-37(52)50-42(58)51-38(35)54/h21-22,27-29,32-33,36H,4-20,23-24,43-48H2,1-3H3,(H,51,54,58). The molecule has 0 saturated carbocycles. The Kier molecular flexibility index (Phi) is 22.1. The van der Waals surface area contributed by atoms with E-state index in [4.69, 9.17) is 53.3 Å². The first-order valence-corrected chi connectivity index (χ1v) is 21.7. The zero-order valence-electron chi connectivity index (χ0n) is 36.4. The smallest absolute Gasteiger partial charge is 0.349 e. The molecule has 1 aromatic rings. The van der Waals surface area contributed by atoms with Gasteiger partial charge in [0.05, 0.1) is 17.6 Å². The predicted molar refractivity (Wildman–Crippen MR) is 233 cm³/mol. The molecule has 1 aromatic carbocycles. The van der Waals surface area contributed by atoms with Gasteiger partial charge in [-0.05, 0) is 102 Å². The van der Waals surface area contributed by atoms with Crippen LogP contribution in [0.25, 0.3) is 22.6 Å². The maximum atomic E-state index is 14.0. The number of esters is 4. The number of H-pyrrole nitrogens is 1. The number of fused-ring (bicyclic) bond motifs is 2. The third-order valence-electron chi connectivity index (χ3n) is 10.6. The number of nitrogens with two attached hydrogens (primary N) is 6. The van der Waals surface area contributed by atoms with Crippen LogP contribution in [0.2, 0.25) is 0 Å². The largest absolute Gasteiger partial charge is 0.460 e. The van der Waals surface area contributed by atoms with Gasteiger partial charge in [-0.3, -0.25) is 29.0 Å². The van der Waals surface area contributed by atoms with Crippen LogP contribution in [-0.4, -0.2) is 106 Å². The quantitative estimate of drug-likeness (QED) is 0.0220. The van der Waals surface area contributed by atoms with Crippen molar-refractivity contribution < 1.29 is 38.1 Å². The summed E-state index contributed by atoms with van der Waals surface area (Å²) in [5.74, 6) is -3.61. The third-order valence-corrected chi connectivity index (χ3v) is 10.6. The molecule has 2 heterocycles. The second-order valence-electron chi connectivity index (χ2n) is 15.7. The Morgan fingerprint density at radius 1 is 0.694 bits per heavy atom. The first kappa shape index (κ1) is 51.5. The normalized spacial score (nSPS) is 14.5. The van der Waals surface area contributed by atoms with E-state index >= 15 is 0 Å². The molecule has 6 atom stereocenters. The number of aromatic nitrogens is 4. The Labute approximate surface area is 361 Å². The number of hydrogen-bond donors (Lipinski definition) is 7. The van der Waals surface area contributed by atoms with Gasteiger partial charge in [-0.1, -0.05) is 45.4 Å². The lowest BCUT2D eigenvalue weighted by atomic mass is 10.0. The molecule has 0 aliphatic carbocycles. The molecule has 346 valence electrons. The summed E-state index contributed by atoms with van der Waals surface area (Å²) in [5.41, 5.74) is 36.1. The highest BCUT2D eigenvalue weighted by Gasteiger charge is 2.42. The fourth-order valence-electron chi connectivity index (χ4n) is 6.74. The Morgan fingerprint density at radius 2 is 1.26 bits per heavy atom. The van der Waals surface area contributed by atoms with Crippen LogP contribution in [-0.2, 0) is 44.7 Å². The molecule has 2 aliphatic heterocycles. The molecule has 0 aromatic heterocycles. The van der Waals surface area contributed by atoms with E-state index in [2.05, 4.69) is 15.0 Å². The van der Waals surface area contributed by atoms with Gasteiger partial charge in [0.2, 0.25) is 0 Å². The van der Waals surface area contributed by atoms with Crippen molar-refractivity contribution >= 4 is 34.9 Å². The molecule has 20 nitrogen and oxygen atoms in total. The molecule has 62 heavy (non-hydrogen) atoms. The predicted octanol–water partition coefficient (Wildman–Crippen LogP) is 0.819. The average Bonchev–Trinajstić information content (AvgIpc) is 3.23. The van der Waals surface area contributed by atoms with Crippen LogP contribution in [0.3, 0.4) is 0 Å². The number of rotatable bonds is 29. The minimum Gasteiger partial charge on any atom is -0.460 e. The van der Waals surface area contributed by atoms with Crippen molar-refractivity contribution in [2.24, 2.45) is 34.4 Å². The van der Waals surface area contributed by atoms with Crippen molar-refractivity contribution in [1.82, 2.24) is 19.5 Å². The van der Waals surface area contributed by atoms with E-state index in [1.807, 2.05) is 20.8 Å². The van der Waals surface area contributed by atoms with Crippen molar-refractivity contribution in [1.29, 1.82) is 0 Å². The molecule has 0 bridgehead atoms. The Balaban J connectivity index is 2.30. The zero-order chi connectivity index (χ0) is 45.8. The van der Waals surface area contributed by atoms with Crippen LogP contribution in [0.4, 0.5) is 0 Å². The Bertz CT molecular complexity index is 1990. The molecule has 0 amide bonds. The average molecular weight is 873 g/mol. The molecule has 20 heteroatoms. The highest BCUT2D eigenvalue weighted by Crippen LogP contribution is 2.27. The van der Waals surface area contributed by atoms with E-state index < -0.39 is 84.7 Å². The summed E-state index contributed by atoms with van der Waals surface area (Å²) < 4.78 is 25.4. The van der Waals surface area contributed by atoms with Crippen LogP contribution in [0.15, 0.2) is 21.7 Å². The number of unbranched alkanes of at least 4 members (excludes halogenated alkanes) is 6. The van der Waals surface area contributed by atoms with E-state index in [0.717, 1.165) is 30.4 Å². The maximum absolute atomic E-state index is 14.0. The summed E-state index contributed by atoms with van der Waals surface area (Å²) in [5, 5.41) is 0. The number of nitrogens with zero attached hydrogens (tertiary/aromatic N) is 3. The third kappa shape index (κ3) is 15.8. The molecule has 0 spiro atoms. The maximum Gasteiger partial charge on any atom is 0.349 e. The second-order valence-corrected chi connectivity index (χ2v) is 15.7. The lowest BCUT2D eigenvalue weighted by Crippen LogP contribution is -2.52. The highest BCUT2D eigenvalue weighted by atomic mass is 16.6.